The summed E-state index contributed by atoms with van der Waals surface area (Å²) in [7, 11) is 1.70. The molecule has 0 N–H and O–H groups in total. The molecular weight excluding hydrogens is 522 g/mol. The van der Waals surface area contributed by atoms with Gasteiger partial charge in [0.15, 0.2) is 11.5 Å². The van der Waals surface area contributed by atoms with Crippen LogP contribution >= 0.6 is 0 Å². The number of methoxy groups -OCH3 is 1. The molecule has 0 bridgehead atoms. The first-order valence-corrected chi connectivity index (χ1v) is 14.7. The fraction of sp³-hybridized carbons (Fsp3) is 0.250. The van der Waals surface area contributed by atoms with Crippen LogP contribution in [-0.4, -0.2) is 28.4 Å². The average Bonchev–Trinajstić information content (AvgIpc) is 3.65. The zero-order chi connectivity index (χ0) is 28.7. The van der Waals surface area contributed by atoms with Crippen molar-refractivity contribution in [3.8, 4) is 39.9 Å². The number of aromatic nitrogens is 2. The highest BCUT2D eigenvalue weighted by Crippen LogP contribution is 2.35. The lowest BCUT2D eigenvalue weighted by molar-refractivity contribution is 0.174. The number of imidazole rings is 1. The van der Waals surface area contributed by atoms with E-state index >= 15 is 0 Å². The summed E-state index contributed by atoms with van der Waals surface area (Å²) < 4.78 is 19.1. The molecule has 4 aromatic carbocycles. The molecule has 214 valence electrons. The van der Waals surface area contributed by atoms with E-state index in [-0.39, 0.29) is 6.79 Å². The van der Waals surface area contributed by atoms with E-state index in [9.17, 15) is 0 Å². The van der Waals surface area contributed by atoms with E-state index in [1.807, 2.05) is 18.2 Å². The minimum atomic E-state index is 0.271. The van der Waals surface area contributed by atoms with Crippen molar-refractivity contribution in [3.63, 3.8) is 0 Å². The molecule has 0 fully saturated rings. The largest absolute Gasteiger partial charge is 0.497 e. The van der Waals surface area contributed by atoms with Gasteiger partial charge >= 0.3 is 0 Å². The first kappa shape index (κ1) is 27.6. The van der Waals surface area contributed by atoms with Crippen molar-refractivity contribution in [2.24, 2.45) is 0 Å². The highest BCUT2D eigenvalue weighted by molar-refractivity contribution is 5.68. The van der Waals surface area contributed by atoms with Crippen molar-refractivity contribution in [3.05, 3.63) is 120 Å². The Balaban J connectivity index is 1.43. The molecule has 42 heavy (non-hydrogen) atoms. The smallest absolute Gasteiger partial charge is 0.231 e. The third-order valence-electron chi connectivity index (χ3n) is 7.67. The molecule has 0 spiro atoms. The van der Waals surface area contributed by atoms with Gasteiger partial charge in [0, 0.05) is 37.3 Å². The van der Waals surface area contributed by atoms with E-state index in [1.54, 1.807) is 7.11 Å². The van der Waals surface area contributed by atoms with Crippen molar-refractivity contribution in [1.82, 2.24) is 14.5 Å². The molecule has 2 heterocycles. The molecule has 0 saturated heterocycles. The predicted molar refractivity (Wildman–Crippen MR) is 167 cm³/mol. The number of ether oxygens (including phenoxy) is 3. The molecule has 1 aromatic heterocycles. The maximum atomic E-state index is 5.71. The predicted octanol–water partition coefficient (Wildman–Crippen LogP) is 7.96. The van der Waals surface area contributed by atoms with Crippen LogP contribution in [0.3, 0.4) is 0 Å². The van der Waals surface area contributed by atoms with E-state index in [0.29, 0.717) is 0 Å². The van der Waals surface area contributed by atoms with Gasteiger partial charge in [0.2, 0.25) is 6.79 Å². The molecule has 5 aromatic rings. The molecule has 0 unspecified atom stereocenters. The Morgan fingerprint density at radius 2 is 1.43 bits per heavy atom. The lowest BCUT2D eigenvalue weighted by Gasteiger charge is -2.25. The number of benzene rings is 4. The summed E-state index contributed by atoms with van der Waals surface area (Å²) in [6, 6.07) is 35.7. The second-order valence-electron chi connectivity index (χ2n) is 10.6. The van der Waals surface area contributed by atoms with Gasteiger partial charge in [-0.3, -0.25) is 4.90 Å². The fourth-order valence-electron chi connectivity index (χ4n) is 5.50. The molecule has 1 aliphatic rings. The minimum Gasteiger partial charge on any atom is -0.497 e. The standard InChI is InChI=1S/C36H37N3O3/c1-3-4-21-39-32(35(29-11-7-5-8-12-29)37-36(39)30-13-9-6-10-14-30)25-38(23-27-15-18-31(40-2)19-16-27)24-28-17-20-33-34(22-28)42-26-41-33/h5-20,22H,3-4,21,23-26H2,1-2H3. The van der Waals surface area contributed by atoms with E-state index in [2.05, 4.69) is 101 Å². The molecular formula is C36H37N3O3. The number of hydrogen-bond acceptors (Lipinski definition) is 5. The Morgan fingerprint density at radius 1 is 0.762 bits per heavy atom. The summed E-state index contributed by atoms with van der Waals surface area (Å²) in [5.41, 5.74) is 6.93. The summed E-state index contributed by atoms with van der Waals surface area (Å²) >= 11 is 0. The van der Waals surface area contributed by atoms with Crippen molar-refractivity contribution < 1.29 is 14.2 Å². The van der Waals surface area contributed by atoms with Crippen LogP contribution in [0.2, 0.25) is 0 Å². The van der Waals surface area contributed by atoms with Crippen molar-refractivity contribution >= 4 is 0 Å². The number of nitrogens with zero attached hydrogens (tertiary/aromatic N) is 3. The van der Waals surface area contributed by atoms with Crippen LogP contribution < -0.4 is 14.2 Å². The van der Waals surface area contributed by atoms with E-state index in [4.69, 9.17) is 19.2 Å². The maximum Gasteiger partial charge on any atom is 0.231 e. The van der Waals surface area contributed by atoms with E-state index in [0.717, 1.165) is 78.9 Å². The average molecular weight is 560 g/mol. The van der Waals surface area contributed by atoms with Gasteiger partial charge < -0.3 is 18.8 Å². The lowest BCUT2D eigenvalue weighted by Crippen LogP contribution is -2.24. The van der Waals surface area contributed by atoms with Gasteiger partial charge in [-0.15, -0.1) is 0 Å². The third-order valence-corrected chi connectivity index (χ3v) is 7.67. The second-order valence-corrected chi connectivity index (χ2v) is 10.6. The van der Waals surface area contributed by atoms with Crippen LogP contribution in [0.1, 0.15) is 36.6 Å². The van der Waals surface area contributed by atoms with Crippen LogP contribution in [0.4, 0.5) is 0 Å². The summed E-state index contributed by atoms with van der Waals surface area (Å²) in [4.78, 5) is 7.81. The van der Waals surface area contributed by atoms with Crippen molar-refractivity contribution in [2.75, 3.05) is 13.9 Å². The fourth-order valence-corrected chi connectivity index (χ4v) is 5.50. The van der Waals surface area contributed by atoms with Gasteiger partial charge in [-0.2, -0.15) is 0 Å². The first-order chi connectivity index (χ1) is 20.7. The molecule has 6 heteroatoms. The quantitative estimate of drug-likeness (QED) is 0.155. The summed E-state index contributed by atoms with van der Waals surface area (Å²) in [5, 5.41) is 0. The van der Waals surface area contributed by atoms with Crippen LogP contribution in [0, 0.1) is 0 Å². The Bertz CT molecular complexity index is 1600. The SMILES string of the molecule is CCCCn1c(-c2ccccc2)nc(-c2ccccc2)c1CN(Cc1ccc(OC)cc1)Cc1ccc2c(c1)OCO2. The molecule has 0 saturated carbocycles. The number of rotatable bonds is 12. The minimum absolute atomic E-state index is 0.271. The van der Waals surface area contributed by atoms with E-state index in [1.165, 1.54) is 16.8 Å². The van der Waals surface area contributed by atoms with Gasteiger partial charge in [-0.05, 0) is 41.8 Å². The van der Waals surface area contributed by atoms with Crippen LogP contribution in [0.25, 0.3) is 22.6 Å². The van der Waals surface area contributed by atoms with Crippen molar-refractivity contribution in [1.29, 1.82) is 0 Å². The molecule has 1 aliphatic heterocycles. The topological polar surface area (TPSA) is 48.8 Å². The van der Waals surface area contributed by atoms with E-state index < -0.39 is 0 Å². The monoisotopic (exact) mass is 559 g/mol. The zero-order valence-corrected chi connectivity index (χ0v) is 24.3. The summed E-state index contributed by atoms with van der Waals surface area (Å²) in [6.07, 6.45) is 2.19. The molecule has 0 amide bonds. The van der Waals surface area contributed by atoms with Gasteiger partial charge in [0.1, 0.15) is 11.6 Å². The normalized spacial score (nSPS) is 12.2. The van der Waals surface area contributed by atoms with Crippen LogP contribution in [-0.2, 0) is 26.2 Å². The van der Waals surface area contributed by atoms with Crippen molar-refractivity contribution in [2.45, 2.75) is 45.9 Å². The maximum absolute atomic E-state index is 5.71. The van der Waals surface area contributed by atoms with Gasteiger partial charge in [-0.25, -0.2) is 4.98 Å². The highest BCUT2D eigenvalue weighted by atomic mass is 16.7. The molecule has 0 aliphatic carbocycles. The van der Waals surface area contributed by atoms with Gasteiger partial charge in [-0.1, -0.05) is 92.2 Å². The Kier molecular flexibility index (Phi) is 8.52. The number of unbranched alkanes of at least 4 members (excludes halogenated alkanes) is 1. The Morgan fingerprint density at radius 3 is 2.14 bits per heavy atom. The van der Waals surface area contributed by atoms with Crippen LogP contribution in [0.15, 0.2) is 103 Å². The summed E-state index contributed by atoms with van der Waals surface area (Å²) in [6.45, 7) is 5.67. The number of fused-ring (bicyclic) bond motifs is 1. The zero-order valence-electron chi connectivity index (χ0n) is 24.3. The Labute approximate surface area is 248 Å². The van der Waals surface area contributed by atoms with Gasteiger partial charge in [0.05, 0.1) is 18.5 Å². The molecule has 6 nitrogen and oxygen atoms in total. The molecule has 0 atom stereocenters. The first-order valence-electron chi connectivity index (χ1n) is 14.7. The third kappa shape index (κ3) is 6.19. The highest BCUT2D eigenvalue weighted by Gasteiger charge is 2.23. The lowest BCUT2D eigenvalue weighted by atomic mass is 10.1. The van der Waals surface area contributed by atoms with Gasteiger partial charge in [0.25, 0.3) is 0 Å². The number of hydrogen-bond donors (Lipinski definition) is 0. The van der Waals surface area contributed by atoms with Crippen LogP contribution in [0.5, 0.6) is 17.2 Å². The Hall–Kier alpha value is -4.55. The summed E-state index contributed by atoms with van der Waals surface area (Å²) in [5.74, 6) is 3.49. The molecule has 0 radical (unpaired) electrons. The molecule has 6 rings (SSSR count). The second kappa shape index (κ2) is 13.0.